The summed E-state index contributed by atoms with van der Waals surface area (Å²) in [5, 5.41) is 10.5. The lowest BCUT2D eigenvalue weighted by molar-refractivity contribution is -0.385. The fraction of sp³-hybridized carbons (Fsp3) is 0. The van der Waals surface area contributed by atoms with Crippen LogP contribution in [0.1, 0.15) is 10.4 Å². The molecular weight excluding hydrogens is 170 g/mol. The average Bonchev–Trinajstić information content (AvgIpc) is 2.16. The largest absolute Gasteiger partial charge is 0.289 e. The van der Waals surface area contributed by atoms with E-state index in [0.717, 1.165) is 6.08 Å². The summed E-state index contributed by atoms with van der Waals surface area (Å²) < 4.78 is 0. The molecule has 0 N–H and O–H groups in total. The molecule has 0 spiro atoms. The Hall–Kier alpha value is -1.97. The van der Waals surface area contributed by atoms with Gasteiger partial charge in [0.25, 0.3) is 5.69 Å². The van der Waals surface area contributed by atoms with E-state index in [1.807, 2.05) is 0 Å². The normalized spacial score (nSPS) is 9.23. The van der Waals surface area contributed by atoms with Crippen LogP contribution in [0, 0.1) is 10.1 Å². The maximum Gasteiger partial charge on any atom is 0.280 e. The van der Waals surface area contributed by atoms with Crippen LogP contribution in [0.3, 0.4) is 0 Å². The summed E-state index contributed by atoms with van der Waals surface area (Å²) in [4.78, 5) is 21.0. The Balaban J connectivity index is 3.27. The van der Waals surface area contributed by atoms with Gasteiger partial charge in [-0.1, -0.05) is 18.7 Å². The Morgan fingerprint density at radius 1 is 1.46 bits per heavy atom. The first-order valence-corrected chi connectivity index (χ1v) is 3.57. The Morgan fingerprint density at radius 3 is 2.62 bits per heavy atom. The number of hydrogen-bond donors (Lipinski definition) is 0. The van der Waals surface area contributed by atoms with Crippen molar-refractivity contribution >= 4 is 11.5 Å². The van der Waals surface area contributed by atoms with Gasteiger partial charge in [-0.15, -0.1) is 0 Å². The fourth-order valence-corrected chi connectivity index (χ4v) is 0.951. The molecule has 66 valence electrons. The van der Waals surface area contributed by atoms with Crippen LogP contribution in [0.4, 0.5) is 5.69 Å². The van der Waals surface area contributed by atoms with Crippen LogP contribution in [-0.2, 0) is 0 Å². The molecule has 0 saturated carbocycles. The molecule has 0 aliphatic carbocycles. The summed E-state index contributed by atoms with van der Waals surface area (Å²) in [5.74, 6) is -0.438. The van der Waals surface area contributed by atoms with E-state index >= 15 is 0 Å². The molecule has 0 fully saturated rings. The lowest BCUT2D eigenvalue weighted by Gasteiger charge is -1.96. The lowest BCUT2D eigenvalue weighted by atomic mass is 10.1. The third-order valence-electron chi connectivity index (χ3n) is 1.55. The molecule has 0 radical (unpaired) electrons. The van der Waals surface area contributed by atoms with Gasteiger partial charge in [0.2, 0.25) is 0 Å². The van der Waals surface area contributed by atoms with Crippen molar-refractivity contribution < 1.29 is 9.72 Å². The molecule has 0 aromatic heterocycles. The predicted octanol–water partition coefficient (Wildman–Crippen LogP) is 1.96. The van der Waals surface area contributed by atoms with Gasteiger partial charge in [-0.3, -0.25) is 14.9 Å². The van der Waals surface area contributed by atoms with Crippen LogP contribution in [0.15, 0.2) is 36.9 Å². The zero-order valence-corrected chi connectivity index (χ0v) is 6.77. The predicted molar refractivity (Wildman–Crippen MR) is 47.6 cm³/mol. The molecule has 13 heavy (non-hydrogen) atoms. The number of hydrogen-bond acceptors (Lipinski definition) is 3. The highest BCUT2D eigenvalue weighted by Gasteiger charge is 2.16. The van der Waals surface area contributed by atoms with E-state index in [0.29, 0.717) is 0 Å². The maximum atomic E-state index is 11.1. The van der Waals surface area contributed by atoms with E-state index in [1.54, 1.807) is 6.07 Å². The average molecular weight is 177 g/mol. The second-order valence-electron chi connectivity index (χ2n) is 2.34. The van der Waals surface area contributed by atoms with Gasteiger partial charge < -0.3 is 0 Å². The first-order chi connectivity index (χ1) is 6.16. The van der Waals surface area contributed by atoms with Gasteiger partial charge in [-0.05, 0) is 12.1 Å². The van der Waals surface area contributed by atoms with Crippen LogP contribution >= 0.6 is 0 Å². The highest BCUT2D eigenvalue weighted by molar-refractivity contribution is 6.07. The molecule has 0 saturated heterocycles. The van der Waals surface area contributed by atoms with Gasteiger partial charge in [0.15, 0.2) is 5.78 Å². The summed E-state index contributed by atoms with van der Waals surface area (Å²) in [6.07, 6.45) is 1.06. The Bertz CT molecular complexity index is 371. The van der Waals surface area contributed by atoms with Gasteiger partial charge >= 0.3 is 0 Å². The van der Waals surface area contributed by atoms with E-state index < -0.39 is 10.7 Å². The number of carbonyl (C=O) groups is 1. The molecule has 1 aromatic rings. The van der Waals surface area contributed by atoms with Gasteiger partial charge in [0.1, 0.15) is 0 Å². The molecule has 0 unspecified atom stereocenters. The van der Waals surface area contributed by atoms with Crippen molar-refractivity contribution in [1.29, 1.82) is 0 Å². The minimum absolute atomic E-state index is 0.0718. The van der Waals surface area contributed by atoms with E-state index in [9.17, 15) is 14.9 Å². The molecule has 4 nitrogen and oxygen atoms in total. The highest BCUT2D eigenvalue weighted by atomic mass is 16.6. The molecule has 1 aromatic carbocycles. The minimum Gasteiger partial charge on any atom is -0.289 e. The molecule has 0 aliphatic rings. The van der Waals surface area contributed by atoms with Crippen LogP contribution in [-0.4, -0.2) is 10.7 Å². The van der Waals surface area contributed by atoms with E-state index in [-0.39, 0.29) is 11.3 Å². The van der Waals surface area contributed by atoms with E-state index in [1.165, 1.54) is 18.2 Å². The molecule has 0 aliphatic heterocycles. The topological polar surface area (TPSA) is 60.2 Å². The Morgan fingerprint density at radius 2 is 2.08 bits per heavy atom. The van der Waals surface area contributed by atoms with Crippen LogP contribution < -0.4 is 0 Å². The molecule has 0 amide bonds. The van der Waals surface area contributed by atoms with Crippen molar-refractivity contribution in [2.75, 3.05) is 0 Å². The molecule has 0 atom stereocenters. The molecular formula is C9H7NO3. The second-order valence-corrected chi connectivity index (χ2v) is 2.34. The van der Waals surface area contributed by atoms with E-state index in [2.05, 4.69) is 6.58 Å². The van der Waals surface area contributed by atoms with Crippen LogP contribution in [0.25, 0.3) is 0 Å². The Labute approximate surface area is 74.7 Å². The number of ketones is 1. The zero-order valence-electron chi connectivity index (χ0n) is 6.77. The highest BCUT2D eigenvalue weighted by Crippen LogP contribution is 2.17. The lowest BCUT2D eigenvalue weighted by Crippen LogP contribution is -2.00. The number of para-hydroxylation sites is 1. The summed E-state index contributed by atoms with van der Waals surface area (Å²) in [6, 6.07) is 5.78. The number of nitrogens with zero attached hydrogens (tertiary/aromatic N) is 1. The van der Waals surface area contributed by atoms with Gasteiger partial charge in [-0.25, -0.2) is 0 Å². The van der Waals surface area contributed by atoms with Crippen molar-refractivity contribution in [2.24, 2.45) is 0 Å². The SMILES string of the molecule is C=CC(=O)c1ccccc1[N+](=O)[O-]. The number of benzene rings is 1. The van der Waals surface area contributed by atoms with Crippen molar-refractivity contribution in [2.45, 2.75) is 0 Å². The van der Waals surface area contributed by atoms with Crippen molar-refractivity contribution in [3.05, 3.63) is 52.6 Å². The molecule has 4 heteroatoms. The van der Waals surface area contributed by atoms with Crippen molar-refractivity contribution in [3.8, 4) is 0 Å². The van der Waals surface area contributed by atoms with Crippen molar-refractivity contribution in [3.63, 3.8) is 0 Å². The maximum absolute atomic E-state index is 11.1. The molecule has 0 heterocycles. The summed E-state index contributed by atoms with van der Waals surface area (Å²) in [5.41, 5.74) is -0.116. The molecule has 1 rings (SSSR count). The van der Waals surface area contributed by atoms with Gasteiger partial charge in [0.05, 0.1) is 10.5 Å². The minimum atomic E-state index is -0.587. The van der Waals surface area contributed by atoms with Crippen LogP contribution in [0.5, 0.6) is 0 Å². The zero-order chi connectivity index (χ0) is 9.84. The summed E-state index contributed by atoms with van der Waals surface area (Å²) in [7, 11) is 0. The fourth-order valence-electron chi connectivity index (χ4n) is 0.951. The number of allylic oxidation sites excluding steroid dienone is 1. The van der Waals surface area contributed by atoms with Gasteiger partial charge in [0, 0.05) is 6.07 Å². The third-order valence-corrected chi connectivity index (χ3v) is 1.55. The second kappa shape index (κ2) is 3.62. The summed E-state index contributed by atoms with van der Waals surface area (Å²) in [6.45, 7) is 3.27. The number of nitro benzene ring substituents is 1. The number of carbonyl (C=O) groups excluding carboxylic acids is 1. The third kappa shape index (κ3) is 1.79. The molecule has 0 bridgehead atoms. The quantitative estimate of drug-likeness (QED) is 0.307. The number of rotatable bonds is 3. The standard InChI is InChI=1S/C9H7NO3/c1-2-9(11)7-5-3-4-6-8(7)10(12)13/h2-6H,1H2. The summed E-state index contributed by atoms with van der Waals surface area (Å²) >= 11 is 0. The first kappa shape index (κ1) is 9.12. The first-order valence-electron chi connectivity index (χ1n) is 3.57. The van der Waals surface area contributed by atoms with Crippen molar-refractivity contribution in [1.82, 2.24) is 0 Å². The van der Waals surface area contributed by atoms with E-state index in [4.69, 9.17) is 0 Å². The number of nitro groups is 1. The monoisotopic (exact) mass is 177 g/mol. The smallest absolute Gasteiger partial charge is 0.280 e. The van der Waals surface area contributed by atoms with Gasteiger partial charge in [-0.2, -0.15) is 0 Å². The Kier molecular flexibility index (Phi) is 2.54. The van der Waals surface area contributed by atoms with Crippen LogP contribution in [0.2, 0.25) is 0 Å².